The van der Waals surface area contributed by atoms with Gasteiger partial charge in [-0.05, 0) is 63.3 Å². The molecule has 0 saturated heterocycles. The van der Waals surface area contributed by atoms with E-state index in [4.69, 9.17) is 4.42 Å². The summed E-state index contributed by atoms with van der Waals surface area (Å²) in [5.41, 5.74) is 0.355. The van der Waals surface area contributed by atoms with Crippen LogP contribution in [0.15, 0.2) is 10.6 Å². The van der Waals surface area contributed by atoms with Crippen molar-refractivity contribution in [2.45, 2.75) is 50.5 Å². The highest BCUT2D eigenvalue weighted by atomic mass is 16.4. The Labute approximate surface area is 108 Å². The van der Waals surface area contributed by atoms with E-state index in [1.165, 1.54) is 44.3 Å². The lowest BCUT2D eigenvalue weighted by Gasteiger charge is -2.55. The van der Waals surface area contributed by atoms with Gasteiger partial charge in [0.25, 0.3) is 0 Å². The molecule has 98 valence electrons. The second kappa shape index (κ2) is 3.83. The van der Waals surface area contributed by atoms with E-state index in [0.717, 1.165) is 30.2 Å². The highest BCUT2D eigenvalue weighted by molar-refractivity contribution is 5.19. The summed E-state index contributed by atoms with van der Waals surface area (Å²) in [7, 11) is 1.94. The maximum absolute atomic E-state index is 6.04. The molecule has 1 heterocycles. The third-order valence-corrected chi connectivity index (χ3v) is 5.44. The fourth-order valence-electron chi connectivity index (χ4n) is 5.20. The van der Waals surface area contributed by atoms with E-state index in [1.54, 1.807) is 0 Å². The van der Waals surface area contributed by atoms with Crippen molar-refractivity contribution >= 4 is 0 Å². The minimum atomic E-state index is 0.355. The Bertz CT molecular complexity index is 416. The van der Waals surface area contributed by atoms with Gasteiger partial charge in [0.05, 0.1) is 12.7 Å². The van der Waals surface area contributed by atoms with E-state index in [9.17, 15) is 0 Å². The first-order chi connectivity index (χ1) is 8.77. The first-order valence-electron chi connectivity index (χ1n) is 7.37. The third-order valence-electron chi connectivity index (χ3n) is 5.44. The van der Waals surface area contributed by atoms with Gasteiger partial charge in [-0.1, -0.05) is 0 Å². The van der Waals surface area contributed by atoms with Crippen molar-refractivity contribution in [1.82, 2.24) is 10.3 Å². The fourth-order valence-corrected chi connectivity index (χ4v) is 5.20. The van der Waals surface area contributed by atoms with Gasteiger partial charge in [-0.2, -0.15) is 0 Å². The summed E-state index contributed by atoms with van der Waals surface area (Å²) in [6.45, 7) is 0.742. The minimum absolute atomic E-state index is 0.355. The molecule has 3 nitrogen and oxygen atoms in total. The topological polar surface area (TPSA) is 38.1 Å². The molecule has 4 fully saturated rings. The zero-order valence-corrected chi connectivity index (χ0v) is 11.1. The van der Waals surface area contributed by atoms with E-state index >= 15 is 0 Å². The molecule has 0 radical (unpaired) electrons. The summed E-state index contributed by atoms with van der Waals surface area (Å²) in [5.74, 6) is 4.94. The highest BCUT2D eigenvalue weighted by Gasteiger charge is 2.53. The average molecular weight is 246 g/mol. The normalized spacial score (nSPS) is 41.5. The lowest BCUT2D eigenvalue weighted by atomic mass is 9.49. The van der Waals surface area contributed by atoms with Crippen LogP contribution in [-0.4, -0.2) is 12.0 Å². The van der Waals surface area contributed by atoms with Gasteiger partial charge in [-0.25, -0.2) is 4.98 Å². The van der Waals surface area contributed by atoms with Gasteiger partial charge in [0.1, 0.15) is 5.76 Å². The summed E-state index contributed by atoms with van der Waals surface area (Å²) in [4.78, 5) is 4.43. The molecule has 1 aromatic heterocycles. The van der Waals surface area contributed by atoms with E-state index in [0.29, 0.717) is 5.41 Å². The Kier molecular flexibility index (Phi) is 2.35. The van der Waals surface area contributed by atoms with E-state index < -0.39 is 0 Å². The van der Waals surface area contributed by atoms with Crippen LogP contribution in [0.1, 0.15) is 50.2 Å². The first kappa shape index (κ1) is 11.0. The molecule has 5 rings (SSSR count). The van der Waals surface area contributed by atoms with Gasteiger partial charge >= 0.3 is 0 Å². The minimum Gasteiger partial charge on any atom is -0.444 e. The van der Waals surface area contributed by atoms with Crippen LogP contribution >= 0.6 is 0 Å². The quantitative estimate of drug-likeness (QED) is 0.891. The molecule has 18 heavy (non-hydrogen) atoms. The number of aromatic nitrogens is 1. The zero-order chi connectivity index (χ0) is 12.2. The Hall–Kier alpha value is -0.830. The van der Waals surface area contributed by atoms with Gasteiger partial charge in [0.15, 0.2) is 0 Å². The van der Waals surface area contributed by atoms with E-state index in [1.807, 2.05) is 13.2 Å². The molecule has 4 bridgehead atoms. The Balaban J connectivity index is 1.66. The van der Waals surface area contributed by atoms with Crippen LogP contribution < -0.4 is 5.32 Å². The van der Waals surface area contributed by atoms with E-state index in [2.05, 4.69) is 10.3 Å². The molecular formula is C15H22N2O. The van der Waals surface area contributed by atoms with Crippen LogP contribution in [0.4, 0.5) is 0 Å². The van der Waals surface area contributed by atoms with Crippen molar-refractivity contribution in [2.24, 2.45) is 17.8 Å². The van der Waals surface area contributed by atoms with Crippen LogP contribution in [-0.2, 0) is 12.0 Å². The second-order valence-electron chi connectivity index (χ2n) is 6.85. The van der Waals surface area contributed by atoms with Crippen LogP contribution in [0.3, 0.4) is 0 Å². The van der Waals surface area contributed by atoms with Crippen molar-refractivity contribution < 1.29 is 4.42 Å². The number of rotatable bonds is 3. The SMILES string of the molecule is CNCc1ncc(C23CC4CC(CC(C4)C2)C3)o1. The number of nitrogens with one attached hydrogen (secondary N) is 1. The van der Waals surface area contributed by atoms with Crippen LogP contribution in [0.5, 0.6) is 0 Å². The standard InChI is InChI=1S/C15H22N2O/c1-16-9-14-17-8-13(18-14)15-5-10-2-11(6-15)4-12(3-10)7-15/h8,10-12,16H,2-7,9H2,1H3. The highest BCUT2D eigenvalue weighted by Crippen LogP contribution is 2.60. The number of hydrogen-bond acceptors (Lipinski definition) is 3. The molecule has 1 N–H and O–H groups in total. The monoisotopic (exact) mass is 246 g/mol. The maximum atomic E-state index is 6.04. The lowest BCUT2D eigenvalue weighted by molar-refractivity contribution is -0.0156. The Morgan fingerprint density at radius 1 is 1.22 bits per heavy atom. The summed E-state index contributed by atoms with van der Waals surface area (Å²) in [6, 6.07) is 0. The lowest BCUT2D eigenvalue weighted by Crippen LogP contribution is -2.48. The molecule has 0 unspecified atom stereocenters. The molecule has 1 aromatic rings. The Morgan fingerprint density at radius 2 is 1.83 bits per heavy atom. The van der Waals surface area contributed by atoms with Gasteiger partial charge < -0.3 is 9.73 Å². The van der Waals surface area contributed by atoms with Crippen LogP contribution in [0, 0.1) is 17.8 Å². The molecule has 4 aliphatic rings. The predicted octanol–water partition coefficient (Wildman–Crippen LogP) is 2.86. The first-order valence-corrected chi connectivity index (χ1v) is 7.37. The summed E-state index contributed by atoms with van der Waals surface area (Å²) >= 11 is 0. The molecular weight excluding hydrogens is 224 g/mol. The second-order valence-corrected chi connectivity index (χ2v) is 6.85. The third kappa shape index (κ3) is 1.56. The largest absolute Gasteiger partial charge is 0.444 e. The smallest absolute Gasteiger partial charge is 0.208 e. The van der Waals surface area contributed by atoms with Gasteiger partial charge in [-0.3, -0.25) is 0 Å². The van der Waals surface area contributed by atoms with Crippen molar-refractivity contribution in [1.29, 1.82) is 0 Å². The maximum Gasteiger partial charge on any atom is 0.208 e. The van der Waals surface area contributed by atoms with Crippen LogP contribution in [0.2, 0.25) is 0 Å². The summed E-state index contributed by atoms with van der Waals surface area (Å²) in [6.07, 6.45) is 10.5. The molecule has 0 amide bonds. The summed E-state index contributed by atoms with van der Waals surface area (Å²) < 4.78 is 6.04. The average Bonchev–Trinajstić information content (AvgIpc) is 2.77. The van der Waals surface area contributed by atoms with Crippen LogP contribution in [0.25, 0.3) is 0 Å². The molecule has 3 heteroatoms. The number of nitrogens with zero attached hydrogens (tertiary/aromatic N) is 1. The zero-order valence-electron chi connectivity index (χ0n) is 11.1. The molecule has 0 aliphatic heterocycles. The fraction of sp³-hybridized carbons (Fsp3) is 0.800. The molecule has 4 saturated carbocycles. The van der Waals surface area contributed by atoms with Gasteiger partial charge in [0, 0.05) is 5.41 Å². The van der Waals surface area contributed by atoms with Gasteiger partial charge in [0.2, 0.25) is 5.89 Å². The molecule has 0 spiro atoms. The van der Waals surface area contributed by atoms with Crippen molar-refractivity contribution in [3.8, 4) is 0 Å². The molecule has 0 atom stereocenters. The van der Waals surface area contributed by atoms with Gasteiger partial charge in [-0.15, -0.1) is 0 Å². The Morgan fingerprint density at radius 3 is 2.39 bits per heavy atom. The molecule has 0 aromatic carbocycles. The van der Waals surface area contributed by atoms with Crippen molar-refractivity contribution in [2.75, 3.05) is 7.05 Å². The molecule has 4 aliphatic carbocycles. The van der Waals surface area contributed by atoms with Crippen molar-refractivity contribution in [3.05, 3.63) is 17.8 Å². The summed E-state index contributed by atoms with van der Waals surface area (Å²) in [5, 5.41) is 3.11. The number of oxazole rings is 1. The van der Waals surface area contributed by atoms with Crippen molar-refractivity contribution in [3.63, 3.8) is 0 Å². The van der Waals surface area contributed by atoms with E-state index in [-0.39, 0.29) is 0 Å². The number of hydrogen-bond donors (Lipinski definition) is 1. The predicted molar refractivity (Wildman–Crippen MR) is 69.1 cm³/mol.